The van der Waals surface area contributed by atoms with Crippen LogP contribution in [0.3, 0.4) is 0 Å². The van der Waals surface area contributed by atoms with Gasteiger partial charge in [0.15, 0.2) is 0 Å². The number of carbonyl (C=O) groups excluding carboxylic acids is 1. The molecule has 134 valence electrons. The highest BCUT2D eigenvalue weighted by atomic mass is 16.3. The van der Waals surface area contributed by atoms with Crippen molar-refractivity contribution in [1.29, 1.82) is 0 Å². The highest BCUT2D eigenvalue weighted by Crippen LogP contribution is 2.20. The number of rotatable bonds is 7. The molecule has 5 heteroatoms. The molecule has 1 atom stereocenters. The van der Waals surface area contributed by atoms with E-state index in [-0.39, 0.29) is 11.9 Å². The molecule has 0 spiro atoms. The van der Waals surface area contributed by atoms with Gasteiger partial charge in [0.1, 0.15) is 5.76 Å². The molecule has 2 aromatic heterocycles. The van der Waals surface area contributed by atoms with Crippen LogP contribution in [0.15, 0.2) is 41.1 Å². The number of nitrogens with zero attached hydrogens (tertiary/aromatic N) is 2. The molecule has 25 heavy (non-hydrogen) atoms. The Labute approximate surface area is 149 Å². The van der Waals surface area contributed by atoms with E-state index in [9.17, 15) is 4.79 Å². The zero-order valence-electron chi connectivity index (χ0n) is 15.1. The van der Waals surface area contributed by atoms with E-state index >= 15 is 0 Å². The summed E-state index contributed by atoms with van der Waals surface area (Å²) in [6.45, 7) is 6.57. The molecule has 2 aromatic rings. The third-order valence-corrected chi connectivity index (χ3v) is 4.57. The molecule has 1 aliphatic heterocycles. The third kappa shape index (κ3) is 4.92. The van der Waals surface area contributed by atoms with Gasteiger partial charge < -0.3 is 9.73 Å². The highest BCUT2D eigenvalue weighted by Gasteiger charge is 2.30. The van der Waals surface area contributed by atoms with Gasteiger partial charge in [-0.2, -0.15) is 0 Å². The third-order valence-electron chi connectivity index (χ3n) is 4.57. The van der Waals surface area contributed by atoms with Crippen molar-refractivity contribution >= 4 is 5.91 Å². The maximum atomic E-state index is 12.5. The molecule has 5 nitrogen and oxygen atoms in total. The van der Waals surface area contributed by atoms with Gasteiger partial charge in [-0.3, -0.25) is 14.7 Å². The van der Waals surface area contributed by atoms with Gasteiger partial charge in [-0.1, -0.05) is 19.9 Å². The van der Waals surface area contributed by atoms with Gasteiger partial charge in [0.2, 0.25) is 5.91 Å². The lowest BCUT2D eigenvalue weighted by Gasteiger charge is -2.23. The van der Waals surface area contributed by atoms with E-state index in [1.165, 1.54) is 5.56 Å². The first-order valence-electron chi connectivity index (χ1n) is 9.10. The minimum Gasteiger partial charge on any atom is -0.467 e. The van der Waals surface area contributed by atoms with Crippen LogP contribution in [0.1, 0.15) is 43.7 Å². The molecule has 0 aromatic carbocycles. The zero-order chi connectivity index (χ0) is 17.6. The van der Waals surface area contributed by atoms with E-state index in [1.807, 2.05) is 18.3 Å². The normalized spacial score (nSPS) is 18.0. The Morgan fingerprint density at radius 2 is 2.28 bits per heavy atom. The molecule has 1 fully saturated rings. The molecule has 3 rings (SSSR count). The molecular formula is C20H27N3O2. The lowest BCUT2D eigenvalue weighted by molar-refractivity contribution is -0.125. The maximum absolute atomic E-state index is 12.5. The number of pyridine rings is 1. The first-order valence-corrected chi connectivity index (χ1v) is 9.10. The zero-order valence-corrected chi connectivity index (χ0v) is 15.1. The molecule has 3 heterocycles. The molecule has 0 aliphatic carbocycles. The summed E-state index contributed by atoms with van der Waals surface area (Å²) in [7, 11) is 0. The van der Waals surface area contributed by atoms with Crippen molar-refractivity contribution in [2.24, 2.45) is 5.92 Å². The second kappa shape index (κ2) is 8.30. The number of nitrogens with one attached hydrogen (secondary N) is 1. The standard InChI is InChI=1S/C20H27N3O2/c1-15(2)11-17-8-7-16(12-21-17)14-23-9-3-6-19(23)20(24)22-13-18-5-4-10-25-18/h4-5,7-8,10,12,15,19H,3,6,9,11,13-14H2,1-2H3,(H,22,24). The maximum Gasteiger partial charge on any atom is 0.237 e. The van der Waals surface area contributed by atoms with E-state index in [1.54, 1.807) is 6.26 Å². The van der Waals surface area contributed by atoms with Crippen LogP contribution >= 0.6 is 0 Å². The van der Waals surface area contributed by atoms with E-state index < -0.39 is 0 Å². The van der Waals surface area contributed by atoms with Gasteiger partial charge in [-0.05, 0) is 55.5 Å². The SMILES string of the molecule is CC(C)Cc1ccc(CN2CCCC2C(=O)NCc2ccco2)cn1. The molecule has 1 unspecified atom stereocenters. The smallest absolute Gasteiger partial charge is 0.237 e. The van der Waals surface area contributed by atoms with Crippen LogP contribution in [0.4, 0.5) is 0 Å². The van der Waals surface area contributed by atoms with Crippen LogP contribution in [-0.2, 0) is 24.3 Å². The van der Waals surface area contributed by atoms with Crippen molar-refractivity contribution in [1.82, 2.24) is 15.2 Å². The topological polar surface area (TPSA) is 58.4 Å². The van der Waals surface area contributed by atoms with Crippen molar-refractivity contribution < 1.29 is 9.21 Å². The Hall–Kier alpha value is -2.14. The fourth-order valence-electron chi connectivity index (χ4n) is 3.34. The van der Waals surface area contributed by atoms with Crippen LogP contribution in [-0.4, -0.2) is 28.4 Å². The lowest BCUT2D eigenvalue weighted by atomic mass is 10.1. The monoisotopic (exact) mass is 341 g/mol. The fourth-order valence-corrected chi connectivity index (χ4v) is 3.34. The number of aromatic nitrogens is 1. The average Bonchev–Trinajstić information content (AvgIpc) is 3.25. The molecule has 0 bridgehead atoms. The summed E-state index contributed by atoms with van der Waals surface area (Å²) in [6, 6.07) is 7.89. The number of carbonyl (C=O) groups is 1. The lowest BCUT2D eigenvalue weighted by Crippen LogP contribution is -2.42. The number of hydrogen-bond donors (Lipinski definition) is 1. The van der Waals surface area contributed by atoms with Gasteiger partial charge in [-0.25, -0.2) is 0 Å². The second-order valence-corrected chi connectivity index (χ2v) is 7.18. The summed E-state index contributed by atoms with van der Waals surface area (Å²) in [5.74, 6) is 1.47. The fraction of sp³-hybridized carbons (Fsp3) is 0.500. The number of furan rings is 1. The summed E-state index contributed by atoms with van der Waals surface area (Å²) in [4.78, 5) is 19.3. The minimum absolute atomic E-state index is 0.0645. The number of hydrogen-bond acceptors (Lipinski definition) is 4. The van der Waals surface area contributed by atoms with Gasteiger partial charge in [-0.15, -0.1) is 0 Å². The van der Waals surface area contributed by atoms with Crippen LogP contribution in [0.2, 0.25) is 0 Å². The Morgan fingerprint density at radius 1 is 1.40 bits per heavy atom. The number of likely N-dealkylation sites (tertiary alicyclic amines) is 1. The first-order chi connectivity index (χ1) is 12.1. The number of amides is 1. The van der Waals surface area contributed by atoms with Crippen molar-refractivity contribution in [2.45, 2.75) is 52.2 Å². The summed E-state index contributed by atoms with van der Waals surface area (Å²) in [6.07, 6.45) is 6.54. The Balaban J connectivity index is 1.54. The van der Waals surface area contributed by atoms with E-state index in [2.05, 4.69) is 41.2 Å². The Morgan fingerprint density at radius 3 is 2.96 bits per heavy atom. The minimum atomic E-state index is -0.0645. The first kappa shape index (κ1) is 17.7. The van der Waals surface area contributed by atoms with E-state index in [0.717, 1.165) is 43.8 Å². The largest absolute Gasteiger partial charge is 0.467 e. The summed E-state index contributed by atoms with van der Waals surface area (Å²) in [5.41, 5.74) is 2.30. The van der Waals surface area contributed by atoms with Crippen LogP contribution in [0.5, 0.6) is 0 Å². The van der Waals surface area contributed by atoms with Crippen molar-refractivity contribution in [3.05, 3.63) is 53.7 Å². The van der Waals surface area contributed by atoms with Crippen molar-refractivity contribution in [2.75, 3.05) is 6.54 Å². The molecule has 1 aliphatic rings. The predicted molar refractivity (Wildman–Crippen MR) is 96.8 cm³/mol. The van der Waals surface area contributed by atoms with Gasteiger partial charge in [0.25, 0.3) is 0 Å². The summed E-state index contributed by atoms with van der Waals surface area (Å²) < 4.78 is 5.27. The molecular weight excluding hydrogens is 314 g/mol. The molecule has 1 N–H and O–H groups in total. The molecule has 1 amide bonds. The van der Waals surface area contributed by atoms with Crippen LogP contribution in [0, 0.1) is 5.92 Å². The molecule has 0 radical (unpaired) electrons. The van der Waals surface area contributed by atoms with Crippen molar-refractivity contribution in [3.63, 3.8) is 0 Å². The van der Waals surface area contributed by atoms with Gasteiger partial charge in [0.05, 0.1) is 18.8 Å². The predicted octanol–water partition coefficient (Wildman–Crippen LogP) is 3.15. The Kier molecular flexibility index (Phi) is 5.87. The summed E-state index contributed by atoms with van der Waals surface area (Å²) >= 11 is 0. The average molecular weight is 341 g/mol. The van der Waals surface area contributed by atoms with Crippen LogP contribution < -0.4 is 5.32 Å². The van der Waals surface area contributed by atoms with Gasteiger partial charge >= 0.3 is 0 Å². The van der Waals surface area contributed by atoms with E-state index in [0.29, 0.717) is 12.5 Å². The van der Waals surface area contributed by atoms with Gasteiger partial charge in [0, 0.05) is 18.4 Å². The van der Waals surface area contributed by atoms with E-state index in [4.69, 9.17) is 4.42 Å². The van der Waals surface area contributed by atoms with Crippen molar-refractivity contribution in [3.8, 4) is 0 Å². The molecule has 1 saturated heterocycles. The summed E-state index contributed by atoms with van der Waals surface area (Å²) in [5, 5.41) is 2.98. The van der Waals surface area contributed by atoms with Crippen LogP contribution in [0.25, 0.3) is 0 Å². The highest BCUT2D eigenvalue weighted by molar-refractivity contribution is 5.81. The Bertz CT molecular complexity index is 665. The molecule has 0 saturated carbocycles. The second-order valence-electron chi connectivity index (χ2n) is 7.18. The quantitative estimate of drug-likeness (QED) is 0.840.